The van der Waals surface area contributed by atoms with Gasteiger partial charge in [-0.15, -0.1) is 0 Å². The first kappa shape index (κ1) is 12.7. The fourth-order valence-electron chi connectivity index (χ4n) is 1.52. The summed E-state index contributed by atoms with van der Waals surface area (Å²) in [4.78, 5) is 11.7. The van der Waals surface area contributed by atoms with E-state index in [0.29, 0.717) is 12.1 Å². The van der Waals surface area contributed by atoms with Crippen LogP contribution in [0.2, 0.25) is 0 Å². The van der Waals surface area contributed by atoms with Crippen molar-refractivity contribution < 1.29 is 9.53 Å². The Hall–Kier alpha value is -1.35. The van der Waals surface area contributed by atoms with Gasteiger partial charge in [-0.25, -0.2) is 0 Å². The van der Waals surface area contributed by atoms with Crippen molar-refractivity contribution in [3.63, 3.8) is 0 Å². The third-order valence-electron chi connectivity index (χ3n) is 2.48. The molecule has 0 saturated heterocycles. The lowest BCUT2D eigenvalue weighted by molar-refractivity contribution is 0.0977. The second-order valence-corrected chi connectivity index (χ2v) is 3.85. The van der Waals surface area contributed by atoms with Crippen LogP contribution in [-0.4, -0.2) is 19.5 Å². The number of rotatable bonds is 7. The minimum Gasteiger partial charge on any atom is -0.399 e. The first-order valence-corrected chi connectivity index (χ1v) is 5.61. The highest BCUT2D eigenvalue weighted by molar-refractivity contribution is 5.96. The molecule has 16 heavy (non-hydrogen) atoms. The molecule has 0 amide bonds. The van der Waals surface area contributed by atoms with Gasteiger partial charge >= 0.3 is 0 Å². The smallest absolute Gasteiger partial charge is 0.162 e. The normalized spacial score (nSPS) is 10.3. The highest BCUT2D eigenvalue weighted by atomic mass is 16.5. The van der Waals surface area contributed by atoms with Crippen LogP contribution in [-0.2, 0) is 4.74 Å². The number of hydrogen-bond donors (Lipinski definition) is 1. The lowest BCUT2D eigenvalue weighted by atomic mass is 10.0. The van der Waals surface area contributed by atoms with Gasteiger partial charge < -0.3 is 10.5 Å². The van der Waals surface area contributed by atoms with E-state index in [4.69, 9.17) is 10.5 Å². The molecule has 0 heterocycles. The summed E-state index contributed by atoms with van der Waals surface area (Å²) in [6.07, 6.45) is 3.58. The molecule has 3 nitrogen and oxygen atoms in total. The quantitative estimate of drug-likeness (QED) is 0.437. The third-order valence-corrected chi connectivity index (χ3v) is 2.48. The van der Waals surface area contributed by atoms with Crippen LogP contribution in [0.15, 0.2) is 24.3 Å². The molecule has 0 bridgehead atoms. The Morgan fingerprint density at radius 2 is 1.88 bits per heavy atom. The molecule has 88 valence electrons. The standard InChI is InChI=1S/C13H19NO2/c1-16-10-4-2-3-5-13(15)11-6-8-12(14)9-7-11/h6-9H,2-5,10,14H2,1H3. The molecule has 0 aromatic heterocycles. The van der Waals surface area contributed by atoms with Crippen molar-refractivity contribution in [3.8, 4) is 0 Å². The number of nitrogens with two attached hydrogens (primary N) is 1. The Labute approximate surface area is 96.6 Å². The molecule has 0 atom stereocenters. The van der Waals surface area contributed by atoms with E-state index in [1.165, 1.54) is 0 Å². The van der Waals surface area contributed by atoms with Crippen LogP contribution < -0.4 is 5.73 Å². The van der Waals surface area contributed by atoms with Crippen molar-refractivity contribution in [2.45, 2.75) is 25.7 Å². The van der Waals surface area contributed by atoms with Gasteiger partial charge in [-0.1, -0.05) is 6.42 Å². The molecule has 3 heteroatoms. The first-order chi connectivity index (χ1) is 7.74. The predicted molar refractivity (Wildman–Crippen MR) is 65.5 cm³/mol. The average Bonchev–Trinajstić information content (AvgIpc) is 2.29. The molecule has 1 rings (SSSR count). The molecule has 0 saturated carbocycles. The molecule has 0 aliphatic carbocycles. The van der Waals surface area contributed by atoms with Gasteiger partial charge in [-0.2, -0.15) is 0 Å². The Morgan fingerprint density at radius 1 is 1.19 bits per heavy atom. The maximum Gasteiger partial charge on any atom is 0.162 e. The zero-order valence-corrected chi connectivity index (χ0v) is 9.74. The summed E-state index contributed by atoms with van der Waals surface area (Å²) in [7, 11) is 1.69. The molecule has 1 aromatic carbocycles. The lowest BCUT2D eigenvalue weighted by Crippen LogP contribution is -1.99. The number of Topliss-reactive ketones (excluding diaryl/α,β-unsaturated/α-hetero) is 1. The van der Waals surface area contributed by atoms with E-state index >= 15 is 0 Å². The van der Waals surface area contributed by atoms with Crippen LogP contribution in [0.5, 0.6) is 0 Å². The summed E-state index contributed by atoms with van der Waals surface area (Å²) in [5.41, 5.74) is 7.00. The van der Waals surface area contributed by atoms with Crippen molar-refractivity contribution in [1.29, 1.82) is 0 Å². The summed E-state index contributed by atoms with van der Waals surface area (Å²) in [6.45, 7) is 0.774. The first-order valence-electron chi connectivity index (χ1n) is 5.61. The fraction of sp³-hybridized carbons (Fsp3) is 0.462. The molecule has 0 aliphatic heterocycles. The van der Waals surface area contributed by atoms with Crippen molar-refractivity contribution in [2.75, 3.05) is 19.5 Å². The molecule has 2 N–H and O–H groups in total. The van der Waals surface area contributed by atoms with Gasteiger partial charge in [0, 0.05) is 31.4 Å². The van der Waals surface area contributed by atoms with Gasteiger partial charge in [-0.3, -0.25) is 4.79 Å². The number of benzene rings is 1. The Balaban J connectivity index is 2.27. The van der Waals surface area contributed by atoms with Crippen LogP contribution in [0.3, 0.4) is 0 Å². The monoisotopic (exact) mass is 221 g/mol. The van der Waals surface area contributed by atoms with Crippen molar-refractivity contribution in [3.05, 3.63) is 29.8 Å². The summed E-state index contributed by atoms with van der Waals surface area (Å²) in [6, 6.07) is 7.09. The third kappa shape index (κ3) is 4.45. The van der Waals surface area contributed by atoms with Gasteiger partial charge in [0.2, 0.25) is 0 Å². The number of anilines is 1. The summed E-state index contributed by atoms with van der Waals surface area (Å²) in [5, 5.41) is 0. The van der Waals surface area contributed by atoms with Crippen molar-refractivity contribution in [1.82, 2.24) is 0 Å². The zero-order valence-electron chi connectivity index (χ0n) is 9.74. The lowest BCUT2D eigenvalue weighted by Gasteiger charge is -2.02. The molecule has 1 aromatic rings. The van der Waals surface area contributed by atoms with Crippen molar-refractivity contribution in [2.24, 2.45) is 0 Å². The Morgan fingerprint density at radius 3 is 2.50 bits per heavy atom. The van der Waals surface area contributed by atoms with Crippen LogP contribution in [0.4, 0.5) is 5.69 Å². The minimum absolute atomic E-state index is 0.192. The molecule has 0 spiro atoms. The summed E-state index contributed by atoms with van der Waals surface area (Å²) < 4.78 is 4.95. The highest BCUT2D eigenvalue weighted by Crippen LogP contribution is 2.10. The van der Waals surface area contributed by atoms with Gasteiger partial charge in [-0.05, 0) is 37.1 Å². The fourth-order valence-corrected chi connectivity index (χ4v) is 1.52. The van der Waals surface area contributed by atoms with Crippen molar-refractivity contribution >= 4 is 11.5 Å². The molecule has 0 fully saturated rings. The maximum atomic E-state index is 11.7. The highest BCUT2D eigenvalue weighted by Gasteiger charge is 2.04. The van der Waals surface area contributed by atoms with Crippen LogP contribution in [0.1, 0.15) is 36.0 Å². The predicted octanol–water partition coefficient (Wildman–Crippen LogP) is 2.66. The number of carbonyl (C=O) groups is 1. The van der Waals surface area contributed by atoms with E-state index < -0.39 is 0 Å². The Kier molecular flexibility index (Phi) is 5.57. The largest absolute Gasteiger partial charge is 0.399 e. The molecule has 0 radical (unpaired) electrons. The van der Waals surface area contributed by atoms with Gasteiger partial charge in [0.1, 0.15) is 0 Å². The summed E-state index contributed by atoms with van der Waals surface area (Å²) in [5.74, 6) is 0.192. The molecular formula is C13H19NO2. The second-order valence-electron chi connectivity index (χ2n) is 3.85. The number of hydrogen-bond acceptors (Lipinski definition) is 3. The number of nitrogen functional groups attached to an aromatic ring is 1. The van der Waals surface area contributed by atoms with Gasteiger partial charge in [0.25, 0.3) is 0 Å². The number of unbranched alkanes of at least 4 members (excludes halogenated alkanes) is 2. The summed E-state index contributed by atoms with van der Waals surface area (Å²) >= 11 is 0. The number of ketones is 1. The maximum absolute atomic E-state index is 11.7. The molecule has 0 unspecified atom stereocenters. The number of carbonyl (C=O) groups excluding carboxylic acids is 1. The zero-order chi connectivity index (χ0) is 11.8. The van der Waals surface area contributed by atoms with E-state index in [-0.39, 0.29) is 5.78 Å². The van der Waals surface area contributed by atoms with E-state index in [0.717, 1.165) is 31.4 Å². The van der Waals surface area contributed by atoms with E-state index in [1.807, 2.05) is 0 Å². The molecule has 0 aliphatic rings. The number of ether oxygens (including phenoxy) is 1. The van der Waals surface area contributed by atoms with Gasteiger partial charge in [0.05, 0.1) is 0 Å². The Bertz CT molecular complexity index is 319. The molecular weight excluding hydrogens is 202 g/mol. The SMILES string of the molecule is COCCCCCC(=O)c1ccc(N)cc1. The van der Waals surface area contributed by atoms with Crippen LogP contribution in [0.25, 0.3) is 0 Å². The van der Waals surface area contributed by atoms with E-state index in [2.05, 4.69) is 0 Å². The van der Waals surface area contributed by atoms with Crippen LogP contribution in [0, 0.1) is 0 Å². The van der Waals surface area contributed by atoms with Crippen LogP contribution >= 0.6 is 0 Å². The van der Waals surface area contributed by atoms with Gasteiger partial charge in [0.15, 0.2) is 5.78 Å². The minimum atomic E-state index is 0.192. The average molecular weight is 221 g/mol. The van der Waals surface area contributed by atoms with E-state index in [9.17, 15) is 4.79 Å². The topological polar surface area (TPSA) is 52.3 Å². The van der Waals surface area contributed by atoms with E-state index in [1.54, 1.807) is 31.4 Å². The second kappa shape index (κ2) is 7.01. The number of methoxy groups -OCH3 is 1.